The molecule has 0 spiro atoms. The molecule has 0 atom stereocenters. The average molecular weight is 274 g/mol. The number of aromatic carboxylic acids is 1. The predicted octanol–water partition coefficient (Wildman–Crippen LogP) is 2.79. The van der Waals surface area contributed by atoms with Crippen molar-refractivity contribution in [1.29, 1.82) is 0 Å². The zero-order valence-electron chi connectivity index (χ0n) is 10.4. The molecular formula is C13H10N2O5. The molecule has 0 bridgehead atoms. The number of nitro groups is 1. The Kier molecular flexibility index (Phi) is 3.60. The van der Waals surface area contributed by atoms with Gasteiger partial charge in [0.15, 0.2) is 5.69 Å². The lowest BCUT2D eigenvalue weighted by atomic mass is 10.2. The van der Waals surface area contributed by atoms with Gasteiger partial charge in [-0.2, -0.15) is 0 Å². The molecule has 2 aromatic rings. The van der Waals surface area contributed by atoms with Crippen molar-refractivity contribution >= 4 is 11.7 Å². The Hall–Kier alpha value is -2.96. The van der Waals surface area contributed by atoms with Gasteiger partial charge in [-0.05, 0) is 19.1 Å². The standard InChI is InChI=1S/C13H10N2O5/c1-8-10(15(18)19)5-3-6-11(8)20-12-7-2-4-9(14-12)13(16)17/h2-7H,1H3,(H,16,17). The van der Waals surface area contributed by atoms with Crippen LogP contribution >= 0.6 is 0 Å². The van der Waals surface area contributed by atoms with Gasteiger partial charge in [0.1, 0.15) is 5.75 Å². The largest absolute Gasteiger partial charge is 0.477 e. The van der Waals surface area contributed by atoms with Crippen LogP contribution in [0.1, 0.15) is 16.1 Å². The van der Waals surface area contributed by atoms with E-state index in [4.69, 9.17) is 9.84 Å². The molecule has 0 unspecified atom stereocenters. The number of carbonyl (C=O) groups is 1. The number of rotatable bonds is 4. The van der Waals surface area contributed by atoms with Gasteiger partial charge in [-0.15, -0.1) is 0 Å². The molecule has 2 rings (SSSR count). The molecule has 0 fully saturated rings. The maximum atomic E-state index is 10.8. The Labute approximate surface area is 113 Å². The minimum Gasteiger partial charge on any atom is -0.477 e. The molecule has 0 saturated carbocycles. The molecule has 0 saturated heterocycles. The van der Waals surface area contributed by atoms with Gasteiger partial charge in [-0.25, -0.2) is 9.78 Å². The number of hydrogen-bond acceptors (Lipinski definition) is 5. The lowest BCUT2D eigenvalue weighted by molar-refractivity contribution is -0.385. The summed E-state index contributed by atoms with van der Waals surface area (Å²) in [4.78, 5) is 24.9. The highest BCUT2D eigenvalue weighted by atomic mass is 16.6. The van der Waals surface area contributed by atoms with Gasteiger partial charge >= 0.3 is 5.97 Å². The molecule has 0 aliphatic rings. The van der Waals surface area contributed by atoms with E-state index in [9.17, 15) is 14.9 Å². The van der Waals surface area contributed by atoms with Gasteiger partial charge in [0.05, 0.1) is 10.5 Å². The molecule has 0 aliphatic carbocycles. The number of hydrogen-bond donors (Lipinski definition) is 1. The van der Waals surface area contributed by atoms with Gasteiger partial charge < -0.3 is 9.84 Å². The molecule has 0 aliphatic heterocycles. The summed E-state index contributed by atoms with van der Waals surface area (Å²) in [6.07, 6.45) is 0. The van der Waals surface area contributed by atoms with E-state index in [1.165, 1.54) is 30.3 Å². The van der Waals surface area contributed by atoms with Crippen molar-refractivity contribution in [2.45, 2.75) is 6.92 Å². The Morgan fingerprint density at radius 1 is 1.30 bits per heavy atom. The van der Waals surface area contributed by atoms with Crippen molar-refractivity contribution < 1.29 is 19.6 Å². The maximum absolute atomic E-state index is 10.8. The van der Waals surface area contributed by atoms with Gasteiger partial charge in [0, 0.05) is 12.1 Å². The number of aromatic nitrogens is 1. The number of ether oxygens (including phenoxy) is 1. The first kappa shape index (κ1) is 13.5. The molecule has 7 heteroatoms. The second kappa shape index (κ2) is 5.35. The number of benzene rings is 1. The average Bonchev–Trinajstić information content (AvgIpc) is 2.41. The van der Waals surface area contributed by atoms with E-state index in [1.807, 2.05) is 0 Å². The van der Waals surface area contributed by atoms with Crippen LogP contribution in [0.4, 0.5) is 5.69 Å². The summed E-state index contributed by atoms with van der Waals surface area (Å²) in [7, 11) is 0. The van der Waals surface area contributed by atoms with Crippen LogP contribution in [0, 0.1) is 17.0 Å². The smallest absolute Gasteiger partial charge is 0.354 e. The first-order valence-corrected chi connectivity index (χ1v) is 5.61. The van der Waals surface area contributed by atoms with Crippen molar-refractivity contribution in [3.05, 3.63) is 57.8 Å². The van der Waals surface area contributed by atoms with E-state index in [0.29, 0.717) is 5.56 Å². The van der Waals surface area contributed by atoms with Gasteiger partial charge in [0.25, 0.3) is 5.69 Å². The number of carboxylic acids is 1. The van der Waals surface area contributed by atoms with Crippen LogP contribution in [0.5, 0.6) is 11.6 Å². The fourth-order valence-electron chi connectivity index (χ4n) is 1.61. The fraction of sp³-hybridized carbons (Fsp3) is 0.0769. The van der Waals surface area contributed by atoms with E-state index in [-0.39, 0.29) is 23.0 Å². The fourth-order valence-corrected chi connectivity index (χ4v) is 1.61. The van der Waals surface area contributed by atoms with Gasteiger partial charge in [-0.1, -0.05) is 12.1 Å². The summed E-state index contributed by atoms with van der Waals surface area (Å²) >= 11 is 0. The van der Waals surface area contributed by atoms with E-state index < -0.39 is 10.9 Å². The molecule has 0 radical (unpaired) electrons. The van der Waals surface area contributed by atoms with Crippen molar-refractivity contribution in [3.63, 3.8) is 0 Å². The quantitative estimate of drug-likeness (QED) is 0.679. The zero-order valence-corrected chi connectivity index (χ0v) is 10.4. The predicted molar refractivity (Wildman–Crippen MR) is 69.1 cm³/mol. The lowest BCUT2D eigenvalue weighted by Crippen LogP contribution is -2.01. The molecule has 1 aromatic heterocycles. The number of nitrogens with zero attached hydrogens (tertiary/aromatic N) is 2. The third-order valence-electron chi connectivity index (χ3n) is 2.61. The number of nitro benzene ring substituents is 1. The summed E-state index contributed by atoms with van der Waals surface area (Å²) in [5.74, 6) is -0.853. The molecule has 20 heavy (non-hydrogen) atoms. The minimum atomic E-state index is -1.17. The summed E-state index contributed by atoms with van der Waals surface area (Å²) in [6.45, 7) is 1.55. The molecule has 1 N–H and O–H groups in total. The van der Waals surface area contributed by atoms with Crippen molar-refractivity contribution in [2.24, 2.45) is 0 Å². The summed E-state index contributed by atoms with van der Waals surface area (Å²) < 4.78 is 5.41. The lowest BCUT2D eigenvalue weighted by Gasteiger charge is -2.08. The molecule has 7 nitrogen and oxygen atoms in total. The Morgan fingerprint density at radius 3 is 2.65 bits per heavy atom. The van der Waals surface area contributed by atoms with Crippen molar-refractivity contribution in [3.8, 4) is 11.6 Å². The number of carboxylic acid groups (broad SMARTS) is 1. The first-order valence-electron chi connectivity index (χ1n) is 5.61. The van der Waals surface area contributed by atoms with Crippen LogP contribution in [-0.2, 0) is 0 Å². The van der Waals surface area contributed by atoms with Crippen LogP contribution in [0.15, 0.2) is 36.4 Å². The highest BCUT2D eigenvalue weighted by molar-refractivity contribution is 5.85. The molecule has 1 aromatic carbocycles. The van der Waals surface area contributed by atoms with Crippen LogP contribution < -0.4 is 4.74 Å². The van der Waals surface area contributed by atoms with Crippen LogP contribution in [0.25, 0.3) is 0 Å². The van der Waals surface area contributed by atoms with Crippen molar-refractivity contribution in [1.82, 2.24) is 4.98 Å². The Morgan fingerprint density at radius 2 is 2.00 bits per heavy atom. The summed E-state index contributed by atoms with van der Waals surface area (Å²) in [5.41, 5.74) is 0.113. The third kappa shape index (κ3) is 2.72. The normalized spacial score (nSPS) is 10.1. The Bertz CT molecular complexity index is 684. The maximum Gasteiger partial charge on any atom is 0.354 e. The number of pyridine rings is 1. The first-order chi connectivity index (χ1) is 9.49. The van der Waals surface area contributed by atoms with Crippen LogP contribution in [0.3, 0.4) is 0 Å². The topological polar surface area (TPSA) is 103 Å². The monoisotopic (exact) mass is 274 g/mol. The van der Waals surface area contributed by atoms with Crippen molar-refractivity contribution in [2.75, 3.05) is 0 Å². The SMILES string of the molecule is Cc1c(Oc2cccc(C(=O)O)n2)cccc1[N+](=O)[O-]. The highest BCUT2D eigenvalue weighted by Gasteiger charge is 2.15. The Balaban J connectivity index is 2.35. The van der Waals surface area contributed by atoms with E-state index in [2.05, 4.69) is 4.98 Å². The van der Waals surface area contributed by atoms with E-state index >= 15 is 0 Å². The summed E-state index contributed by atoms with van der Waals surface area (Å²) in [6, 6.07) is 8.70. The minimum absolute atomic E-state index is 0.0634. The summed E-state index contributed by atoms with van der Waals surface area (Å²) in [5, 5.41) is 19.7. The van der Waals surface area contributed by atoms with E-state index in [0.717, 1.165) is 0 Å². The highest BCUT2D eigenvalue weighted by Crippen LogP contribution is 2.30. The second-order valence-electron chi connectivity index (χ2n) is 3.93. The zero-order chi connectivity index (χ0) is 14.7. The third-order valence-corrected chi connectivity index (χ3v) is 2.61. The van der Waals surface area contributed by atoms with Crippen LogP contribution in [0.2, 0.25) is 0 Å². The van der Waals surface area contributed by atoms with Crippen LogP contribution in [-0.4, -0.2) is 21.0 Å². The second-order valence-corrected chi connectivity index (χ2v) is 3.93. The molecular weight excluding hydrogens is 264 g/mol. The molecule has 1 heterocycles. The van der Waals surface area contributed by atoms with Gasteiger partial charge in [0.2, 0.25) is 5.88 Å². The molecule has 0 amide bonds. The van der Waals surface area contributed by atoms with Gasteiger partial charge in [-0.3, -0.25) is 10.1 Å². The molecule has 102 valence electrons. The van der Waals surface area contributed by atoms with E-state index in [1.54, 1.807) is 13.0 Å².